The SMILES string of the molecule is C=CCCC(C)NCC(O)C1CCCCC1. The van der Waals surface area contributed by atoms with E-state index in [2.05, 4.69) is 18.8 Å². The second-order valence-corrected chi connectivity index (χ2v) is 5.14. The lowest BCUT2D eigenvalue weighted by Gasteiger charge is -2.27. The van der Waals surface area contributed by atoms with Gasteiger partial charge in [-0.3, -0.25) is 0 Å². The van der Waals surface area contributed by atoms with Crippen molar-refractivity contribution in [3.63, 3.8) is 0 Å². The summed E-state index contributed by atoms with van der Waals surface area (Å²) in [5.41, 5.74) is 0. The normalized spacial score (nSPS) is 21.6. The fourth-order valence-corrected chi connectivity index (χ4v) is 2.48. The Balaban J connectivity index is 2.12. The van der Waals surface area contributed by atoms with Crippen molar-refractivity contribution in [1.82, 2.24) is 5.32 Å². The van der Waals surface area contributed by atoms with Gasteiger partial charge in [0.05, 0.1) is 6.10 Å². The molecule has 94 valence electrons. The fraction of sp³-hybridized carbons (Fsp3) is 0.857. The van der Waals surface area contributed by atoms with Crippen molar-refractivity contribution in [3.8, 4) is 0 Å². The van der Waals surface area contributed by atoms with E-state index >= 15 is 0 Å². The van der Waals surface area contributed by atoms with E-state index in [1.165, 1.54) is 32.1 Å². The van der Waals surface area contributed by atoms with Crippen LogP contribution in [0.25, 0.3) is 0 Å². The summed E-state index contributed by atoms with van der Waals surface area (Å²) >= 11 is 0. The van der Waals surface area contributed by atoms with Gasteiger partial charge in [-0.05, 0) is 38.5 Å². The van der Waals surface area contributed by atoms with Gasteiger partial charge in [0.2, 0.25) is 0 Å². The lowest BCUT2D eigenvalue weighted by atomic mass is 9.85. The summed E-state index contributed by atoms with van der Waals surface area (Å²) in [5, 5.41) is 13.5. The summed E-state index contributed by atoms with van der Waals surface area (Å²) in [6.07, 6.45) is 10.3. The molecule has 0 radical (unpaired) electrons. The maximum atomic E-state index is 10.1. The zero-order chi connectivity index (χ0) is 11.8. The molecule has 2 atom stereocenters. The third-order valence-electron chi connectivity index (χ3n) is 3.67. The van der Waals surface area contributed by atoms with E-state index in [1.54, 1.807) is 0 Å². The monoisotopic (exact) mass is 225 g/mol. The zero-order valence-electron chi connectivity index (χ0n) is 10.6. The Bertz CT molecular complexity index is 187. The summed E-state index contributed by atoms with van der Waals surface area (Å²) in [5.74, 6) is 0.535. The number of rotatable bonds is 7. The minimum atomic E-state index is -0.147. The maximum absolute atomic E-state index is 10.1. The fourth-order valence-electron chi connectivity index (χ4n) is 2.48. The Hall–Kier alpha value is -0.340. The smallest absolute Gasteiger partial charge is 0.0692 e. The molecule has 1 aliphatic carbocycles. The van der Waals surface area contributed by atoms with E-state index in [1.807, 2.05) is 6.08 Å². The molecule has 2 heteroatoms. The van der Waals surface area contributed by atoms with E-state index in [0.29, 0.717) is 12.0 Å². The molecule has 1 rings (SSSR count). The number of hydrogen-bond donors (Lipinski definition) is 2. The van der Waals surface area contributed by atoms with Crippen molar-refractivity contribution >= 4 is 0 Å². The molecular formula is C14H27NO. The van der Waals surface area contributed by atoms with Gasteiger partial charge in [-0.2, -0.15) is 0 Å². The van der Waals surface area contributed by atoms with Gasteiger partial charge >= 0.3 is 0 Å². The summed E-state index contributed by atoms with van der Waals surface area (Å²) in [6, 6.07) is 0.483. The molecule has 0 aromatic carbocycles. The van der Waals surface area contributed by atoms with Crippen molar-refractivity contribution in [3.05, 3.63) is 12.7 Å². The minimum absolute atomic E-state index is 0.147. The van der Waals surface area contributed by atoms with Gasteiger partial charge in [-0.15, -0.1) is 6.58 Å². The molecule has 1 saturated carbocycles. The third-order valence-corrected chi connectivity index (χ3v) is 3.67. The Morgan fingerprint density at radius 2 is 2.06 bits per heavy atom. The molecule has 1 fully saturated rings. The van der Waals surface area contributed by atoms with E-state index in [4.69, 9.17) is 0 Å². The molecule has 0 aromatic rings. The van der Waals surface area contributed by atoms with Gasteiger partial charge in [-0.1, -0.05) is 25.3 Å². The van der Waals surface area contributed by atoms with Gasteiger partial charge in [0.15, 0.2) is 0 Å². The average molecular weight is 225 g/mol. The molecule has 0 bridgehead atoms. The Kier molecular flexibility index (Phi) is 6.74. The predicted octanol–water partition coefficient (Wildman–Crippen LogP) is 2.87. The first-order valence-electron chi connectivity index (χ1n) is 6.76. The van der Waals surface area contributed by atoms with Gasteiger partial charge in [-0.25, -0.2) is 0 Å². The summed E-state index contributed by atoms with van der Waals surface area (Å²) in [7, 11) is 0. The zero-order valence-corrected chi connectivity index (χ0v) is 10.6. The highest BCUT2D eigenvalue weighted by Gasteiger charge is 2.21. The van der Waals surface area contributed by atoms with E-state index in [9.17, 15) is 5.11 Å². The second-order valence-electron chi connectivity index (χ2n) is 5.14. The predicted molar refractivity (Wildman–Crippen MR) is 69.5 cm³/mol. The molecule has 16 heavy (non-hydrogen) atoms. The molecule has 0 aliphatic heterocycles. The first-order chi connectivity index (χ1) is 7.74. The highest BCUT2D eigenvalue weighted by atomic mass is 16.3. The topological polar surface area (TPSA) is 32.3 Å². The van der Waals surface area contributed by atoms with Crippen molar-refractivity contribution < 1.29 is 5.11 Å². The molecule has 0 saturated heterocycles. The molecule has 1 aliphatic rings. The van der Waals surface area contributed by atoms with Gasteiger partial charge in [0, 0.05) is 12.6 Å². The molecular weight excluding hydrogens is 198 g/mol. The number of nitrogens with one attached hydrogen (secondary N) is 1. The summed E-state index contributed by atoms with van der Waals surface area (Å²) < 4.78 is 0. The molecule has 2 unspecified atom stereocenters. The first-order valence-corrected chi connectivity index (χ1v) is 6.76. The Morgan fingerprint density at radius 1 is 1.38 bits per heavy atom. The van der Waals surface area contributed by atoms with Crippen LogP contribution in [0.3, 0.4) is 0 Å². The molecule has 2 N–H and O–H groups in total. The molecule has 0 spiro atoms. The van der Waals surface area contributed by atoms with Crippen LogP contribution < -0.4 is 5.32 Å². The molecule has 0 amide bonds. The molecule has 2 nitrogen and oxygen atoms in total. The third kappa shape index (κ3) is 5.13. The van der Waals surface area contributed by atoms with Gasteiger partial charge < -0.3 is 10.4 Å². The summed E-state index contributed by atoms with van der Waals surface area (Å²) in [4.78, 5) is 0. The van der Waals surface area contributed by atoms with Crippen LogP contribution in [0.4, 0.5) is 0 Å². The lowest BCUT2D eigenvalue weighted by molar-refractivity contribution is 0.0816. The van der Waals surface area contributed by atoms with Crippen LogP contribution in [-0.2, 0) is 0 Å². The van der Waals surface area contributed by atoms with Crippen LogP contribution in [-0.4, -0.2) is 23.8 Å². The minimum Gasteiger partial charge on any atom is -0.392 e. The molecule has 0 heterocycles. The number of aliphatic hydroxyl groups is 1. The quantitative estimate of drug-likeness (QED) is 0.653. The molecule has 0 aromatic heterocycles. The van der Waals surface area contributed by atoms with Crippen LogP contribution in [0.15, 0.2) is 12.7 Å². The van der Waals surface area contributed by atoms with Crippen molar-refractivity contribution in [1.29, 1.82) is 0 Å². The van der Waals surface area contributed by atoms with E-state index in [0.717, 1.165) is 19.4 Å². The van der Waals surface area contributed by atoms with Crippen molar-refractivity contribution in [2.24, 2.45) is 5.92 Å². The largest absolute Gasteiger partial charge is 0.392 e. The number of hydrogen-bond acceptors (Lipinski definition) is 2. The van der Waals surface area contributed by atoms with Crippen LogP contribution in [0.2, 0.25) is 0 Å². The number of aliphatic hydroxyl groups excluding tert-OH is 1. The second kappa shape index (κ2) is 7.86. The van der Waals surface area contributed by atoms with Gasteiger partial charge in [0.25, 0.3) is 0 Å². The summed E-state index contributed by atoms with van der Waals surface area (Å²) in [6.45, 7) is 6.65. The van der Waals surface area contributed by atoms with Crippen molar-refractivity contribution in [2.75, 3.05) is 6.54 Å². The van der Waals surface area contributed by atoms with E-state index < -0.39 is 0 Å². The van der Waals surface area contributed by atoms with Crippen LogP contribution >= 0.6 is 0 Å². The first kappa shape index (κ1) is 13.7. The standard InChI is InChI=1S/C14H27NO/c1-3-4-8-12(2)15-11-14(16)13-9-6-5-7-10-13/h3,12-16H,1,4-11H2,2H3. The number of allylic oxidation sites excluding steroid dienone is 1. The Labute approximate surface area is 100 Å². The maximum Gasteiger partial charge on any atom is 0.0692 e. The van der Waals surface area contributed by atoms with Crippen LogP contribution in [0, 0.1) is 5.92 Å². The van der Waals surface area contributed by atoms with Crippen LogP contribution in [0.5, 0.6) is 0 Å². The Morgan fingerprint density at radius 3 is 2.69 bits per heavy atom. The van der Waals surface area contributed by atoms with Crippen LogP contribution in [0.1, 0.15) is 51.9 Å². The van der Waals surface area contributed by atoms with Crippen molar-refractivity contribution in [2.45, 2.75) is 64.0 Å². The van der Waals surface area contributed by atoms with E-state index in [-0.39, 0.29) is 6.10 Å². The van der Waals surface area contributed by atoms with Gasteiger partial charge in [0.1, 0.15) is 0 Å². The highest BCUT2D eigenvalue weighted by molar-refractivity contribution is 4.77. The lowest BCUT2D eigenvalue weighted by Crippen LogP contribution is -2.38. The highest BCUT2D eigenvalue weighted by Crippen LogP contribution is 2.26. The average Bonchev–Trinajstić information content (AvgIpc) is 2.34.